The fourth-order valence-electron chi connectivity index (χ4n) is 4.33. The van der Waals surface area contributed by atoms with E-state index < -0.39 is 0 Å². The Labute approximate surface area is 119 Å². The summed E-state index contributed by atoms with van der Waals surface area (Å²) in [6.45, 7) is 14.1. The normalized spacial score (nSPS) is 38.5. The minimum absolute atomic E-state index is 0.288. The van der Waals surface area contributed by atoms with Gasteiger partial charge in [0.25, 0.3) is 0 Å². The lowest BCUT2D eigenvalue weighted by Crippen LogP contribution is -2.65. The van der Waals surface area contributed by atoms with Gasteiger partial charge in [-0.25, -0.2) is 0 Å². The molecule has 1 saturated heterocycles. The first kappa shape index (κ1) is 15.3. The van der Waals surface area contributed by atoms with E-state index in [1.165, 1.54) is 58.4 Å². The van der Waals surface area contributed by atoms with E-state index in [2.05, 4.69) is 30.6 Å². The molecule has 1 saturated carbocycles. The summed E-state index contributed by atoms with van der Waals surface area (Å²) < 4.78 is 0. The van der Waals surface area contributed by atoms with E-state index >= 15 is 0 Å². The predicted octanol–water partition coefficient (Wildman–Crippen LogP) is 2.17. The topological polar surface area (TPSA) is 32.5 Å². The van der Waals surface area contributed by atoms with Crippen molar-refractivity contribution in [1.82, 2.24) is 9.80 Å². The third-order valence-electron chi connectivity index (χ3n) is 5.87. The van der Waals surface area contributed by atoms with Crippen LogP contribution in [0.1, 0.15) is 46.5 Å². The van der Waals surface area contributed by atoms with Crippen molar-refractivity contribution in [2.75, 3.05) is 39.3 Å². The van der Waals surface area contributed by atoms with Crippen LogP contribution in [0, 0.1) is 11.8 Å². The maximum absolute atomic E-state index is 6.26. The summed E-state index contributed by atoms with van der Waals surface area (Å²) in [7, 11) is 0. The molecular weight excluding hydrogens is 234 g/mol. The molecule has 1 aliphatic heterocycles. The van der Waals surface area contributed by atoms with Crippen LogP contribution in [0.2, 0.25) is 0 Å². The van der Waals surface area contributed by atoms with Crippen molar-refractivity contribution in [2.24, 2.45) is 17.6 Å². The molecule has 3 nitrogen and oxygen atoms in total. The van der Waals surface area contributed by atoms with Crippen LogP contribution in [0.15, 0.2) is 0 Å². The number of nitrogens with zero attached hydrogens (tertiary/aromatic N) is 2. The van der Waals surface area contributed by atoms with Gasteiger partial charge in [0.05, 0.1) is 0 Å². The average molecular weight is 267 g/mol. The zero-order valence-corrected chi connectivity index (χ0v) is 13.2. The first-order valence-corrected chi connectivity index (χ1v) is 8.31. The predicted molar refractivity (Wildman–Crippen MR) is 82.3 cm³/mol. The Morgan fingerprint density at radius 3 is 2.42 bits per heavy atom. The molecule has 112 valence electrons. The number of rotatable bonds is 4. The molecule has 3 heteroatoms. The highest BCUT2D eigenvalue weighted by Gasteiger charge is 2.45. The minimum Gasteiger partial charge on any atom is -0.329 e. The second-order valence-electron chi connectivity index (χ2n) is 6.79. The Morgan fingerprint density at radius 1 is 1.16 bits per heavy atom. The van der Waals surface area contributed by atoms with Gasteiger partial charge in [0, 0.05) is 38.3 Å². The van der Waals surface area contributed by atoms with Crippen LogP contribution in [0.4, 0.5) is 0 Å². The second-order valence-corrected chi connectivity index (χ2v) is 6.79. The molecule has 0 aromatic rings. The van der Waals surface area contributed by atoms with Crippen LogP contribution >= 0.6 is 0 Å². The smallest absolute Gasteiger partial charge is 0.0360 e. The maximum Gasteiger partial charge on any atom is 0.0360 e. The second kappa shape index (κ2) is 6.55. The number of nitrogens with two attached hydrogens (primary N) is 1. The number of piperazine rings is 1. The fraction of sp³-hybridized carbons (Fsp3) is 1.00. The van der Waals surface area contributed by atoms with Crippen molar-refractivity contribution in [1.29, 1.82) is 0 Å². The molecule has 19 heavy (non-hydrogen) atoms. The fourth-order valence-corrected chi connectivity index (χ4v) is 4.33. The Morgan fingerprint density at radius 2 is 1.84 bits per heavy atom. The average Bonchev–Trinajstić information content (AvgIpc) is 2.44. The van der Waals surface area contributed by atoms with E-state index in [4.69, 9.17) is 5.73 Å². The Kier molecular flexibility index (Phi) is 5.27. The Balaban J connectivity index is 2.02. The summed E-state index contributed by atoms with van der Waals surface area (Å²) in [6.07, 6.45) is 5.33. The Bertz CT molecular complexity index is 273. The Hall–Kier alpha value is -0.120. The molecule has 2 rings (SSSR count). The quantitative estimate of drug-likeness (QED) is 0.847. The molecule has 0 aromatic carbocycles. The number of hydrogen-bond acceptors (Lipinski definition) is 3. The van der Waals surface area contributed by atoms with Crippen LogP contribution in [-0.4, -0.2) is 54.6 Å². The molecule has 0 bridgehead atoms. The molecule has 2 aliphatic rings. The van der Waals surface area contributed by atoms with Gasteiger partial charge in [-0.15, -0.1) is 0 Å². The van der Waals surface area contributed by atoms with E-state index in [1.807, 2.05) is 0 Å². The van der Waals surface area contributed by atoms with Crippen molar-refractivity contribution in [2.45, 2.75) is 52.0 Å². The van der Waals surface area contributed by atoms with Gasteiger partial charge < -0.3 is 10.6 Å². The van der Waals surface area contributed by atoms with E-state index in [0.717, 1.165) is 18.4 Å². The van der Waals surface area contributed by atoms with Gasteiger partial charge in [-0.2, -0.15) is 0 Å². The van der Waals surface area contributed by atoms with Crippen LogP contribution in [0.3, 0.4) is 0 Å². The minimum atomic E-state index is 0.288. The number of hydrogen-bond donors (Lipinski definition) is 1. The van der Waals surface area contributed by atoms with Crippen LogP contribution in [0.5, 0.6) is 0 Å². The van der Waals surface area contributed by atoms with Gasteiger partial charge in [-0.05, 0) is 31.2 Å². The SMILES string of the molecule is CCCN1CCN(C2(CN)CCCC(C)C2C)CC1. The van der Waals surface area contributed by atoms with E-state index in [9.17, 15) is 0 Å². The van der Waals surface area contributed by atoms with Crippen LogP contribution in [-0.2, 0) is 0 Å². The molecule has 0 aromatic heterocycles. The van der Waals surface area contributed by atoms with Crippen molar-refractivity contribution in [3.05, 3.63) is 0 Å². The lowest BCUT2D eigenvalue weighted by atomic mass is 9.67. The zero-order chi connectivity index (χ0) is 13.9. The summed E-state index contributed by atoms with van der Waals surface area (Å²) in [5.74, 6) is 1.56. The highest BCUT2D eigenvalue weighted by Crippen LogP contribution is 2.41. The van der Waals surface area contributed by atoms with Crippen molar-refractivity contribution < 1.29 is 0 Å². The van der Waals surface area contributed by atoms with Gasteiger partial charge in [-0.1, -0.05) is 33.6 Å². The largest absolute Gasteiger partial charge is 0.329 e. The molecule has 3 unspecified atom stereocenters. The monoisotopic (exact) mass is 267 g/mol. The van der Waals surface area contributed by atoms with E-state index in [1.54, 1.807) is 0 Å². The third kappa shape index (κ3) is 2.98. The lowest BCUT2D eigenvalue weighted by Gasteiger charge is -2.54. The lowest BCUT2D eigenvalue weighted by molar-refractivity contribution is -0.0369. The first-order valence-electron chi connectivity index (χ1n) is 8.31. The van der Waals surface area contributed by atoms with Gasteiger partial charge in [-0.3, -0.25) is 4.90 Å². The molecule has 0 spiro atoms. The van der Waals surface area contributed by atoms with E-state index in [-0.39, 0.29) is 5.54 Å². The van der Waals surface area contributed by atoms with Crippen molar-refractivity contribution >= 4 is 0 Å². The highest BCUT2D eigenvalue weighted by molar-refractivity contribution is 5.01. The molecule has 0 amide bonds. The van der Waals surface area contributed by atoms with Gasteiger partial charge in [0.1, 0.15) is 0 Å². The third-order valence-corrected chi connectivity index (χ3v) is 5.87. The van der Waals surface area contributed by atoms with E-state index in [0.29, 0.717) is 0 Å². The van der Waals surface area contributed by atoms with Crippen molar-refractivity contribution in [3.8, 4) is 0 Å². The highest BCUT2D eigenvalue weighted by atomic mass is 15.3. The molecule has 2 N–H and O–H groups in total. The summed E-state index contributed by atoms with van der Waals surface area (Å²) in [5.41, 5.74) is 6.55. The molecule has 1 heterocycles. The zero-order valence-electron chi connectivity index (χ0n) is 13.2. The van der Waals surface area contributed by atoms with Gasteiger partial charge >= 0.3 is 0 Å². The van der Waals surface area contributed by atoms with Crippen LogP contribution in [0.25, 0.3) is 0 Å². The molecule has 0 radical (unpaired) electrons. The molecule has 3 atom stereocenters. The van der Waals surface area contributed by atoms with Crippen molar-refractivity contribution in [3.63, 3.8) is 0 Å². The molecule has 2 fully saturated rings. The van der Waals surface area contributed by atoms with Crippen LogP contribution < -0.4 is 5.73 Å². The summed E-state index contributed by atoms with van der Waals surface area (Å²) in [5, 5.41) is 0. The summed E-state index contributed by atoms with van der Waals surface area (Å²) >= 11 is 0. The molecular formula is C16H33N3. The van der Waals surface area contributed by atoms with Gasteiger partial charge in [0.15, 0.2) is 0 Å². The first-order chi connectivity index (χ1) is 9.14. The summed E-state index contributed by atoms with van der Waals surface area (Å²) in [6, 6.07) is 0. The maximum atomic E-state index is 6.26. The van der Waals surface area contributed by atoms with Gasteiger partial charge in [0.2, 0.25) is 0 Å². The summed E-state index contributed by atoms with van der Waals surface area (Å²) in [4.78, 5) is 5.34. The molecule has 1 aliphatic carbocycles. The standard InChI is InChI=1S/C16H33N3/c1-4-8-18-9-11-19(12-10-18)16(13-17)7-5-6-14(2)15(16)3/h14-15H,4-13,17H2,1-3H3.